The zero-order chi connectivity index (χ0) is 42.3. The lowest BCUT2D eigenvalue weighted by atomic mass is 10.00. The van der Waals surface area contributed by atoms with Gasteiger partial charge in [0.05, 0.1) is 22.4 Å². The summed E-state index contributed by atoms with van der Waals surface area (Å²) in [5.74, 6) is -3.39. The number of nitrogens with one attached hydrogen (secondary N) is 2. The van der Waals surface area contributed by atoms with Crippen molar-refractivity contribution in [1.82, 2.24) is 14.0 Å². The van der Waals surface area contributed by atoms with E-state index in [9.17, 15) is 29.4 Å². The second-order valence-corrected chi connectivity index (χ2v) is 16.8. The summed E-state index contributed by atoms with van der Waals surface area (Å²) in [5, 5.41) is 28.9. The van der Waals surface area contributed by atoms with Crippen molar-refractivity contribution in [2.45, 2.75) is 40.8 Å². The number of hydrogen-bond donors (Lipinski definition) is 4. The van der Waals surface area contributed by atoms with Crippen molar-refractivity contribution in [2.75, 3.05) is 48.8 Å². The molecule has 0 spiro atoms. The largest absolute Gasteiger partial charge is 0.506 e. The summed E-state index contributed by atoms with van der Waals surface area (Å²) in [5.41, 5.74) is 0.571. The minimum atomic E-state index is -0.926. The lowest BCUT2D eigenvalue weighted by Crippen LogP contribution is -2.44. The highest BCUT2D eigenvalue weighted by Crippen LogP contribution is 2.35. The van der Waals surface area contributed by atoms with Gasteiger partial charge in [0.15, 0.2) is 0 Å². The van der Waals surface area contributed by atoms with Gasteiger partial charge in [-0.25, -0.2) is 4.39 Å². The van der Waals surface area contributed by atoms with Gasteiger partial charge in [0.2, 0.25) is 0 Å². The Balaban J connectivity index is 1.26. The van der Waals surface area contributed by atoms with Gasteiger partial charge in [-0.2, -0.15) is 0 Å². The van der Waals surface area contributed by atoms with Crippen LogP contribution >= 0.6 is 15.9 Å². The van der Waals surface area contributed by atoms with E-state index in [-0.39, 0.29) is 36.0 Å². The highest BCUT2D eigenvalue weighted by atomic mass is 79.9. The normalized spacial score (nSPS) is 13.5. The van der Waals surface area contributed by atoms with Crippen LogP contribution in [-0.4, -0.2) is 69.3 Å². The lowest BCUT2D eigenvalue weighted by molar-refractivity contribution is 0.101. The van der Waals surface area contributed by atoms with E-state index in [0.717, 1.165) is 37.9 Å². The van der Waals surface area contributed by atoms with Gasteiger partial charge in [-0.15, -0.1) is 0 Å². The zero-order valence-corrected chi connectivity index (χ0v) is 35.1. The number of amides is 2. The summed E-state index contributed by atoms with van der Waals surface area (Å²) in [7, 11) is 2.05. The highest BCUT2D eigenvalue weighted by Gasteiger charge is 2.27. The average molecular weight is 866 g/mol. The van der Waals surface area contributed by atoms with Crippen molar-refractivity contribution in [3.05, 3.63) is 121 Å². The fraction of sp³-hybridized carbons (Fsp3) is 0.289. The first-order valence-corrected chi connectivity index (χ1v) is 20.3. The second-order valence-electron chi connectivity index (χ2n) is 15.9. The second kappa shape index (κ2) is 16.7. The minimum Gasteiger partial charge on any atom is -0.506 e. The maximum atomic E-state index is 15.4. The number of rotatable bonds is 10. The third-order valence-corrected chi connectivity index (χ3v) is 11.0. The Bertz CT molecular complexity index is 2760. The molecule has 0 aliphatic carbocycles. The molecule has 2 amide bonds. The number of aromatic nitrogens is 2. The number of hydrogen-bond acceptors (Lipinski definition) is 8. The molecule has 1 saturated heterocycles. The first-order chi connectivity index (χ1) is 28.1. The molecule has 4 aromatic carbocycles. The number of pyridine rings is 2. The van der Waals surface area contributed by atoms with E-state index in [1.54, 1.807) is 48.5 Å². The summed E-state index contributed by atoms with van der Waals surface area (Å²) < 4.78 is 19.0. The minimum absolute atomic E-state index is 0.00165. The molecule has 3 heterocycles. The number of aromatic hydroxyl groups is 2. The van der Waals surface area contributed by atoms with Crippen LogP contribution < -0.4 is 26.7 Å². The number of para-hydroxylation sites is 2. The molecule has 306 valence electrons. The predicted molar refractivity (Wildman–Crippen MR) is 235 cm³/mol. The van der Waals surface area contributed by atoms with E-state index >= 15 is 4.39 Å². The van der Waals surface area contributed by atoms with Crippen molar-refractivity contribution < 1.29 is 24.2 Å². The van der Waals surface area contributed by atoms with Crippen LogP contribution in [-0.2, 0) is 13.1 Å². The molecule has 6 aromatic rings. The molecule has 59 heavy (non-hydrogen) atoms. The monoisotopic (exact) mass is 864 g/mol. The Hall–Kier alpha value is -5.99. The Morgan fingerprint density at radius 2 is 1.32 bits per heavy atom. The Labute approximate surface area is 348 Å². The molecule has 4 N–H and O–H groups in total. The predicted octanol–water partition coefficient (Wildman–Crippen LogP) is 7.86. The molecule has 2 aromatic heterocycles. The maximum Gasteiger partial charge on any atom is 0.267 e. The van der Waals surface area contributed by atoms with Crippen LogP contribution in [0.25, 0.3) is 32.9 Å². The molecule has 14 heteroatoms. The van der Waals surface area contributed by atoms with Gasteiger partial charge in [-0.1, -0.05) is 61.8 Å². The van der Waals surface area contributed by atoms with Crippen LogP contribution in [0, 0.1) is 17.7 Å². The Kier molecular flexibility index (Phi) is 11.7. The number of halogens is 2. The van der Waals surface area contributed by atoms with Gasteiger partial charge in [-0.3, -0.25) is 19.2 Å². The van der Waals surface area contributed by atoms with Crippen LogP contribution in [0.15, 0.2) is 92.9 Å². The topological polar surface area (TPSA) is 149 Å². The van der Waals surface area contributed by atoms with E-state index in [1.807, 2.05) is 39.8 Å². The molecule has 12 nitrogen and oxygen atoms in total. The number of carbonyl (C=O) groups excluding carboxylic acids is 2. The van der Waals surface area contributed by atoms with E-state index in [2.05, 4.69) is 43.4 Å². The van der Waals surface area contributed by atoms with Crippen molar-refractivity contribution in [3.8, 4) is 22.6 Å². The fourth-order valence-electron chi connectivity index (χ4n) is 7.64. The summed E-state index contributed by atoms with van der Waals surface area (Å²) in [6, 6.07) is 21.0. The summed E-state index contributed by atoms with van der Waals surface area (Å²) in [6.07, 6.45) is 0. The van der Waals surface area contributed by atoms with Crippen molar-refractivity contribution >= 4 is 66.6 Å². The number of fused-ring (bicyclic) bond motifs is 2. The molecular formula is C45H46BrFN6O6. The van der Waals surface area contributed by atoms with Crippen molar-refractivity contribution in [1.29, 1.82) is 0 Å². The summed E-state index contributed by atoms with van der Waals surface area (Å²) in [4.78, 5) is 60.0. The number of benzene rings is 4. The quantitative estimate of drug-likeness (QED) is 0.109. The highest BCUT2D eigenvalue weighted by molar-refractivity contribution is 9.10. The van der Waals surface area contributed by atoms with Gasteiger partial charge in [0.1, 0.15) is 28.4 Å². The van der Waals surface area contributed by atoms with Gasteiger partial charge in [0, 0.05) is 60.2 Å². The molecule has 0 radical (unpaired) electrons. The van der Waals surface area contributed by atoms with Crippen molar-refractivity contribution in [2.24, 2.45) is 11.8 Å². The summed E-state index contributed by atoms with van der Waals surface area (Å²) in [6.45, 7) is 11.5. The Morgan fingerprint density at radius 3 is 1.98 bits per heavy atom. The molecular weight excluding hydrogens is 819 g/mol. The van der Waals surface area contributed by atoms with E-state index in [0.29, 0.717) is 37.7 Å². The van der Waals surface area contributed by atoms with Crippen LogP contribution in [0.2, 0.25) is 0 Å². The third-order valence-electron chi connectivity index (χ3n) is 10.5. The molecule has 1 aliphatic heterocycles. The molecule has 1 aliphatic rings. The van der Waals surface area contributed by atoms with E-state index < -0.39 is 51.4 Å². The number of anilines is 3. The van der Waals surface area contributed by atoms with Gasteiger partial charge in [0.25, 0.3) is 22.9 Å². The van der Waals surface area contributed by atoms with Gasteiger partial charge < -0.3 is 39.8 Å². The molecule has 1 fully saturated rings. The number of carbonyl (C=O) groups is 2. The van der Waals surface area contributed by atoms with Crippen molar-refractivity contribution in [3.63, 3.8) is 0 Å². The van der Waals surface area contributed by atoms with Crippen LogP contribution in [0.3, 0.4) is 0 Å². The first-order valence-electron chi connectivity index (χ1n) is 19.5. The van der Waals surface area contributed by atoms with E-state index in [4.69, 9.17) is 0 Å². The smallest absolute Gasteiger partial charge is 0.267 e. The standard InChI is InChI=1S/C45H46BrFN6O6/c1-25(2)23-52-35-13-10-27(20-33(35)41(55)39(44(52)58)43(57)49-34-8-6-7-9-36(34)51-16-14-50(5)15-17-51)28-18-30(47)22-31(19-28)48-42(56)38-40(54)32-12-11-29(46)21-37(32)53(45(38)59)24-26(3)4/h6-13,18-22,25-26,54-55H,14-17,23-24H2,1-5H3,(H,48,56)(H,49,57). The SMILES string of the molecule is CC(C)Cn1c(=O)c(C(=O)Nc2cc(F)cc(-c3ccc4c(c3)c(O)c(C(=O)Nc3ccccc3N3CCN(C)CC3)c(=O)n4CC(C)C)c2)c(O)c2ccc(Br)cc21. The fourth-order valence-corrected chi connectivity index (χ4v) is 7.99. The zero-order valence-electron chi connectivity index (χ0n) is 33.5. The van der Waals surface area contributed by atoms with Crippen LogP contribution in [0.1, 0.15) is 48.4 Å². The number of likely N-dealkylation sites (N-methyl/N-ethyl adjacent to an activating group) is 1. The average Bonchev–Trinajstić information content (AvgIpc) is 3.18. The van der Waals surface area contributed by atoms with Crippen LogP contribution in [0.5, 0.6) is 11.5 Å². The molecule has 0 atom stereocenters. The van der Waals surface area contributed by atoms with Gasteiger partial charge in [-0.05, 0) is 90.7 Å². The summed E-state index contributed by atoms with van der Waals surface area (Å²) >= 11 is 3.42. The molecule has 0 saturated carbocycles. The Morgan fingerprint density at radius 1 is 0.712 bits per heavy atom. The first kappa shape index (κ1) is 41.2. The van der Waals surface area contributed by atoms with E-state index in [1.165, 1.54) is 21.3 Å². The maximum absolute atomic E-state index is 15.4. The van der Waals surface area contributed by atoms with Gasteiger partial charge >= 0.3 is 0 Å². The third kappa shape index (κ3) is 8.32. The van der Waals surface area contributed by atoms with Crippen LogP contribution in [0.4, 0.5) is 21.5 Å². The number of nitrogens with zero attached hydrogens (tertiary/aromatic N) is 4. The molecule has 0 bridgehead atoms. The number of piperazine rings is 1. The molecule has 0 unspecified atom stereocenters. The molecule has 7 rings (SSSR count). The lowest BCUT2D eigenvalue weighted by Gasteiger charge is -2.35.